The van der Waals surface area contributed by atoms with Gasteiger partial charge >= 0.3 is 0 Å². The smallest absolute Gasteiger partial charge is 0.255 e. The molecule has 0 aliphatic rings. The van der Waals surface area contributed by atoms with Gasteiger partial charge in [-0.15, -0.1) is 0 Å². The molecule has 0 radical (unpaired) electrons. The molecule has 3 aromatic carbocycles. The van der Waals surface area contributed by atoms with E-state index in [9.17, 15) is 9.59 Å². The van der Waals surface area contributed by atoms with Crippen LogP contribution in [0.25, 0.3) is 11.1 Å². The van der Waals surface area contributed by atoms with Crippen molar-refractivity contribution in [2.45, 2.75) is 6.04 Å². The van der Waals surface area contributed by atoms with Crippen molar-refractivity contribution in [3.8, 4) is 11.1 Å². The van der Waals surface area contributed by atoms with Crippen molar-refractivity contribution in [2.24, 2.45) is 5.73 Å². The van der Waals surface area contributed by atoms with E-state index in [1.807, 2.05) is 42.5 Å². The molecular weight excluding hydrogens is 412 g/mol. The Hall–Kier alpha value is -4.29. The van der Waals surface area contributed by atoms with E-state index < -0.39 is 6.04 Å². The number of carbonyl (C=O) groups excluding carboxylic acids is 2. The van der Waals surface area contributed by atoms with Crippen molar-refractivity contribution >= 4 is 17.5 Å². The number of aromatic nitrogens is 1. The van der Waals surface area contributed by atoms with Crippen LogP contribution in [0, 0.1) is 0 Å². The number of amides is 2. The molecule has 1 unspecified atom stereocenters. The van der Waals surface area contributed by atoms with Crippen LogP contribution in [0.3, 0.4) is 0 Å². The minimum absolute atomic E-state index is 0.182. The summed E-state index contributed by atoms with van der Waals surface area (Å²) in [6, 6.07) is 27.6. The maximum atomic E-state index is 12.5. The largest absolute Gasteiger partial charge is 0.350 e. The van der Waals surface area contributed by atoms with Gasteiger partial charge in [0.05, 0.1) is 0 Å². The first-order chi connectivity index (χ1) is 16.1. The minimum Gasteiger partial charge on any atom is -0.350 e. The highest BCUT2D eigenvalue weighted by molar-refractivity contribution is 6.04. The molecule has 164 valence electrons. The van der Waals surface area contributed by atoms with E-state index >= 15 is 0 Å². The van der Waals surface area contributed by atoms with Crippen LogP contribution >= 0.6 is 0 Å². The summed E-state index contributed by atoms with van der Waals surface area (Å²) in [7, 11) is 0. The van der Waals surface area contributed by atoms with Gasteiger partial charge in [-0.05, 0) is 53.1 Å². The van der Waals surface area contributed by atoms with Gasteiger partial charge in [0.15, 0.2) is 0 Å². The van der Waals surface area contributed by atoms with Crippen LogP contribution in [-0.4, -0.2) is 23.3 Å². The number of rotatable bonds is 7. The summed E-state index contributed by atoms with van der Waals surface area (Å²) < 4.78 is 0. The third kappa shape index (κ3) is 5.70. The van der Waals surface area contributed by atoms with Crippen LogP contribution in [0.2, 0.25) is 0 Å². The third-order valence-electron chi connectivity index (χ3n) is 5.28. The number of benzene rings is 3. The molecular formula is C27H24N4O2. The summed E-state index contributed by atoms with van der Waals surface area (Å²) in [5.41, 5.74) is 11.0. The second-order valence-corrected chi connectivity index (χ2v) is 7.57. The average Bonchev–Trinajstić information content (AvgIpc) is 2.88. The normalized spacial score (nSPS) is 11.4. The zero-order chi connectivity index (χ0) is 23.0. The maximum absolute atomic E-state index is 12.5. The fourth-order valence-corrected chi connectivity index (χ4v) is 3.39. The molecule has 1 heterocycles. The van der Waals surface area contributed by atoms with Crippen LogP contribution in [0.1, 0.15) is 32.3 Å². The van der Waals surface area contributed by atoms with Crippen LogP contribution in [0.4, 0.5) is 5.69 Å². The lowest BCUT2D eigenvalue weighted by molar-refractivity contribution is 0.0950. The number of nitrogens with one attached hydrogen (secondary N) is 2. The lowest BCUT2D eigenvalue weighted by atomic mass is 10.0. The number of nitrogens with two attached hydrogens (primary N) is 1. The molecule has 6 nitrogen and oxygen atoms in total. The second kappa shape index (κ2) is 10.3. The van der Waals surface area contributed by atoms with Crippen molar-refractivity contribution in [1.82, 2.24) is 10.3 Å². The van der Waals surface area contributed by atoms with Gasteiger partial charge in [0.25, 0.3) is 11.8 Å². The Morgan fingerprint density at radius 3 is 1.97 bits per heavy atom. The van der Waals surface area contributed by atoms with Crippen molar-refractivity contribution in [3.63, 3.8) is 0 Å². The Balaban J connectivity index is 1.31. The number of anilines is 1. The molecule has 33 heavy (non-hydrogen) atoms. The summed E-state index contributed by atoms with van der Waals surface area (Å²) in [6.45, 7) is 0.280. The highest BCUT2D eigenvalue weighted by Gasteiger charge is 2.12. The Bertz CT molecular complexity index is 1210. The van der Waals surface area contributed by atoms with Crippen LogP contribution in [0.15, 0.2) is 103 Å². The first kappa shape index (κ1) is 21.9. The summed E-state index contributed by atoms with van der Waals surface area (Å²) in [5.74, 6) is -0.396. The third-order valence-corrected chi connectivity index (χ3v) is 5.28. The fourth-order valence-electron chi connectivity index (χ4n) is 3.39. The summed E-state index contributed by atoms with van der Waals surface area (Å²) in [5, 5.41) is 5.69. The lowest BCUT2D eigenvalue weighted by Gasteiger charge is -2.14. The van der Waals surface area contributed by atoms with Crippen LogP contribution in [-0.2, 0) is 0 Å². The van der Waals surface area contributed by atoms with E-state index in [1.54, 1.807) is 60.9 Å². The standard InChI is InChI=1S/C27H24N4O2/c28-25(21-8-12-23(13-9-21)27(33)31-24-14-16-29-17-15-24)18-30-26(32)22-10-6-20(7-11-22)19-4-2-1-3-5-19/h1-17,25H,18,28H2,(H,30,32)(H,29,31,33). The quantitative estimate of drug-likeness (QED) is 0.399. The van der Waals surface area contributed by atoms with Gasteiger partial charge in [-0.1, -0.05) is 54.6 Å². The van der Waals surface area contributed by atoms with Crippen molar-refractivity contribution in [1.29, 1.82) is 0 Å². The van der Waals surface area contributed by atoms with Gasteiger partial charge in [-0.3, -0.25) is 14.6 Å². The summed E-state index contributed by atoms with van der Waals surface area (Å²) >= 11 is 0. The monoisotopic (exact) mass is 436 g/mol. The number of pyridine rings is 1. The van der Waals surface area contributed by atoms with Crippen molar-refractivity contribution in [2.75, 3.05) is 11.9 Å². The molecule has 0 saturated carbocycles. The molecule has 1 aromatic heterocycles. The van der Waals surface area contributed by atoms with E-state index in [2.05, 4.69) is 15.6 Å². The second-order valence-electron chi connectivity index (χ2n) is 7.57. The first-order valence-corrected chi connectivity index (χ1v) is 10.6. The van der Waals surface area contributed by atoms with Crippen LogP contribution in [0.5, 0.6) is 0 Å². The molecule has 0 aliphatic carbocycles. The highest BCUT2D eigenvalue weighted by atomic mass is 16.2. The molecule has 0 fully saturated rings. The van der Waals surface area contributed by atoms with Gasteiger partial charge < -0.3 is 16.4 Å². The average molecular weight is 437 g/mol. The SMILES string of the molecule is NC(CNC(=O)c1ccc(-c2ccccc2)cc1)c1ccc(C(=O)Nc2ccncc2)cc1. The lowest BCUT2D eigenvalue weighted by Crippen LogP contribution is -2.31. The predicted molar refractivity (Wildman–Crippen MR) is 130 cm³/mol. The molecule has 0 bridgehead atoms. The highest BCUT2D eigenvalue weighted by Crippen LogP contribution is 2.19. The van der Waals surface area contributed by atoms with E-state index in [0.717, 1.165) is 16.7 Å². The van der Waals surface area contributed by atoms with E-state index in [4.69, 9.17) is 5.73 Å². The summed E-state index contributed by atoms with van der Waals surface area (Å²) in [6.07, 6.45) is 3.23. The Morgan fingerprint density at radius 1 is 0.727 bits per heavy atom. The first-order valence-electron chi connectivity index (χ1n) is 10.6. The molecule has 4 N–H and O–H groups in total. The molecule has 0 aliphatic heterocycles. The molecule has 4 aromatic rings. The van der Waals surface area contributed by atoms with Gasteiger partial charge in [-0.25, -0.2) is 0 Å². The number of nitrogens with zero attached hydrogens (tertiary/aromatic N) is 1. The minimum atomic E-state index is -0.394. The van der Waals surface area contributed by atoms with E-state index in [0.29, 0.717) is 16.8 Å². The Morgan fingerprint density at radius 2 is 1.30 bits per heavy atom. The van der Waals surface area contributed by atoms with Crippen LogP contribution < -0.4 is 16.4 Å². The van der Waals surface area contributed by atoms with Crippen molar-refractivity contribution < 1.29 is 9.59 Å². The van der Waals surface area contributed by atoms with E-state index in [-0.39, 0.29) is 18.4 Å². The number of hydrogen-bond donors (Lipinski definition) is 3. The molecule has 0 saturated heterocycles. The molecule has 0 spiro atoms. The number of hydrogen-bond acceptors (Lipinski definition) is 4. The van der Waals surface area contributed by atoms with Gasteiger partial charge in [0.2, 0.25) is 0 Å². The van der Waals surface area contributed by atoms with E-state index in [1.165, 1.54) is 0 Å². The predicted octanol–water partition coefficient (Wildman–Crippen LogP) is 4.43. The van der Waals surface area contributed by atoms with Crippen molar-refractivity contribution in [3.05, 3.63) is 120 Å². The Kier molecular flexibility index (Phi) is 6.87. The van der Waals surface area contributed by atoms with Gasteiger partial charge in [0, 0.05) is 41.8 Å². The molecule has 1 atom stereocenters. The topological polar surface area (TPSA) is 97.1 Å². The Labute approximate surface area is 192 Å². The van der Waals surface area contributed by atoms with Gasteiger partial charge in [-0.2, -0.15) is 0 Å². The number of carbonyl (C=O) groups is 2. The summed E-state index contributed by atoms with van der Waals surface area (Å²) in [4.78, 5) is 28.8. The molecule has 4 rings (SSSR count). The van der Waals surface area contributed by atoms with Gasteiger partial charge in [0.1, 0.15) is 0 Å². The zero-order valence-electron chi connectivity index (χ0n) is 17.9. The zero-order valence-corrected chi connectivity index (χ0v) is 17.9. The fraction of sp³-hybridized carbons (Fsp3) is 0.0741. The molecule has 6 heteroatoms. The maximum Gasteiger partial charge on any atom is 0.255 e. The molecule has 2 amide bonds.